The van der Waals surface area contributed by atoms with Gasteiger partial charge < -0.3 is 5.11 Å². The molecule has 3 rings (SSSR count). The summed E-state index contributed by atoms with van der Waals surface area (Å²) in [4.78, 5) is 12.3. The van der Waals surface area contributed by atoms with E-state index in [4.69, 9.17) is 16.7 Å². The van der Waals surface area contributed by atoms with E-state index in [9.17, 15) is 4.79 Å². The molecule has 0 aliphatic carbocycles. The van der Waals surface area contributed by atoms with Gasteiger partial charge in [0.05, 0.1) is 11.3 Å². The van der Waals surface area contributed by atoms with Gasteiger partial charge in [-0.3, -0.25) is 0 Å². The molecule has 0 saturated heterocycles. The third-order valence-electron chi connectivity index (χ3n) is 2.68. The number of hydrogen-bond donors (Lipinski definition) is 1. The van der Waals surface area contributed by atoms with Gasteiger partial charge >= 0.3 is 5.97 Å². The molecule has 0 unspecified atom stereocenters. The fourth-order valence-electron chi connectivity index (χ4n) is 1.74. The molecule has 0 saturated carbocycles. The number of hydrogen-bond acceptors (Lipinski definition) is 3. The highest BCUT2D eigenvalue weighted by molar-refractivity contribution is 6.30. The maximum atomic E-state index is 10.9. The lowest BCUT2D eigenvalue weighted by atomic mass is 10.2. The van der Waals surface area contributed by atoms with E-state index in [1.54, 1.807) is 30.3 Å². The predicted molar refractivity (Wildman–Crippen MR) is 70.8 cm³/mol. The Bertz CT molecular complexity index is 765. The number of carboxylic acid groups (broad SMARTS) is 1. The molecule has 1 heterocycles. The Hall–Kier alpha value is -2.40. The van der Waals surface area contributed by atoms with Crippen LogP contribution in [0.25, 0.3) is 16.7 Å². The van der Waals surface area contributed by atoms with Gasteiger partial charge in [-0.2, -0.15) is 4.80 Å². The van der Waals surface area contributed by atoms with Gasteiger partial charge in [0.1, 0.15) is 11.0 Å². The van der Waals surface area contributed by atoms with Crippen LogP contribution in [0.3, 0.4) is 0 Å². The van der Waals surface area contributed by atoms with E-state index in [2.05, 4.69) is 10.2 Å². The number of benzene rings is 2. The Kier molecular flexibility index (Phi) is 2.68. The Balaban J connectivity index is 2.11. The quantitative estimate of drug-likeness (QED) is 0.779. The Morgan fingerprint density at radius 2 is 1.74 bits per heavy atom. The van der Waals surface area contributed by atoms with Crippen molar-refractivity contribution in [3.05, 3.63) is 53.1 Å². The minimum Gasteiger partial charge on any atom is -0.478 e. The van der Waals surface area contributed by atoms with Crippen LogP contribution in [0.4, 0.5) is 0 Å². The number of halogens is 1. The third-order valence-corrected chi connectivity index (χ3v) is 2.94. The summed E-state index contributed by atoms with van der Waals surface area (Å²) >= 11 is 5.82. The van der Waals surface area contributed by atoms with Crippen LogP contribution in [0.15, 0.2) is 42.5 Å². The van der Waals surface area contributed by atoms with E-state index in [1.807, 2.05) is 0 Å². The molecule has 94 valence electrons. The average molecular weight is 274 g/mol. The van der Waals surface area contributed by atoms with E-state index in [0.717, 1.165) is 5.69 Å². The number of carbonyl (C=O) groups is 1. The number of aromatic nitrogens is 3. The summed E-state index contributed by atoms with van der Waals surface area (Å²) in [5.41, 5.74) is 2.13. The van der Waals surface area contributed by atoms with Crippen molar-refractivity contribution >= 4 is 28.6 Å². The number of aromatic carboxylic acids is 1. The molecule has 0 amide bonds. The van der Waals surface area contributed by atoms with Crippen molar-refractivity contribution in [2.45, 2.75) is 0 Å². The fraction of sp³-hybridized carbons (Fsp3) is 0. The molecule has 19 heavy (non-hydrogen) atoms. The molecule has 0 aliphatic rings. The summed E-state index contributed by atoms with van der Waals surface area (Å²) in [5.74, 6) is -0.983. The van der Waals surface area contributed by atoms with Crippen molar-refractivity contribution in [3.63, 3.8) is 0 Å². The van der Waals surface area contributed by atoms with Crippen LogP contribution < -0.4 is 0 Å². The second kappa shape index (κ2) is 4.37. The molecule has 1 N–H and O–H groups in total. The maximum Gasteiger partial charge on any atom is 0.335 e. The van der Waals surface area contributed by atoms with Gasteiger partial charge in [-0.1, -0.05) is 11.6 Å². The summed E-state index contributed by atoms with van der Waals surface area (Å²) < 4.78 is 0. The lowest BCUT2D eigenvalue weighted by Crippen LogP contribution is -1.97. The van der Waals surface area contributed by atoms with Crippen LogP contribution in [0.1, 0.15) is 10.4 Å². The van der Waals surface area contributed by atoms with Crippen molar-refractivity contribution in [1.29, 1.82) is 0 Å². The van der Waals surface area contributed by atoms with Crippen LogP contribution >= 0.6 is 11.6 Å². The molecule has 1 aromatic heterocycles. The molecule has 0 bridgehead atoms. The van der Waals surface area contributed by atoms with Gasteiger partial charge in [0, 0.05) is 5.02 Å². The second-order valence-electron chi connectivity index (χ2n) is 3.97. The molecule has 0 spiro atoms. The first-order valence-electron chi connectivity index (χ1n) is 5.50. The highest BCUT2D eigenvalue weighted by atomic mass is 35.5. The summed E-state index contributed by atoms with van der Waals surface area (Å²) in [6.45, 7) is 0. The summed E-state index contributed by atoms with van der Waals surface area (Å²) in [6, 6.07) is 11.7. The largest absolute Gasteiger partial charge is 0.478 e. The molecular formula is C13H8ClN3O2. The highest BCUT2D eigenvalue weighted by Crippen LogP contribution is 2.16. The van der Waals surface area contributed by atoms with Crippen LogP contribution in [0.5, 0.6) is 0 Å². The van der Waals surface area contributed by atoms with Gasteiger partial charge in [-0.05, 0) is 42.5 Å². The first-order chi connectivity index (χ1) is 9.13. The standard InChI is InChI=1S/C13H8ClN3O2/c14-9-2-4-10(5-3-9)17-15-11-6-1-8(13(18)19)7-12(11)16-17/h1-7H,(H,18,19). The van der Waals surface area contributed by atoms with Crippen LogP contribution in [-0.2, 0) is 0 Å². The van der Waals surface area contributed by atoms with Crippen molar-refractivity contribution in [2.75, 3.05) is 0 Å². The summed E-state index contributed by atoms with van der Waals surface area (Å²) in [7, 11) is 0. The van der Waals surface area contributed by atoms with Gasteiger partial charge in [0.25, 0.3) is 0 Å². The van der Waals surface area contributed by atoms with Crippen LogP contribution in [0.2, 0.25) is 5.02 Å². The van der Waals surface area contributed by atoms with Crippen molar-refractivity contribution in [1.82, 2.24) is 15.0 Å². The Morgan fingerprint density at radius 1 is 1.05 bits per heavy atom. The molecule has 0 atom stereocenters. The van der Waals surface area contributed by atoms with E-state index in [0.29, 0.717) is 16.1 Å². The summed E-state index contributed by atoms with van der Waals surface area (Å²) in [6.07, 6.45) is 0. The lowest BCUT2D eigenvalue weighted by molar-refractivity contribution is 0.0697. The molecule has 6 heteroatoms. The van der Waals surface area contributed by atoms with E-state index in [-0.39, 0.29) is 5.56 Å². The van der Waals surface area contributed by atoms with E-state index < -0.39 is 5.97 Å². The summed E-state index contributed by atoms with van der Waals surface area (Å²) in [5, 5.41) is 18.1. The van der Waals surface area contributed by atoms with Crippen molar-refractivity contribution in [2.24, 2.45) is 0 Å². The first-order valence-corrected chi connectivity index (χ1v) is 5.87. The number of fused-ring (bicyclic) bond motifs is 1. The van der Waals surface area contributed by atoms with Gasteiger partial charge in [0.2, 0.25) is 0 Å². The first kappa shape index (κ1) is 11.7. The molecule has 0 aliphatic heterocycles. The second-order valence-corrected chi connectivity index (χ2v) is 4.41. The SMILES string of the molecule is O=C(O)c1ccc2nn(-c3ccc(Cl)cc3)nc2c1. The molecular weight excluding hydrogens is 266 g/mol. The molecule has 2 aromatic carbocycles. The number of rotatable bonds is 2. The van der Waals surface area contributed by atoms with Gasteiger partial charge in [-0.25, -0.2) is 4.79 Å². The third kappa shape index (κ3) is 2.15. The minimum atomic E-state index is -0.983. The average Bonchev–Trinajstić information content (AvgIpc) is 2.82. The molecule has 5 nitrogen and oxygen atoms in total. The monoisotopic (exact) mass is 273 g/mol. The van der Waals surface area contributed by atoms with Crippen LogP contribution in [-0.4, -0.2) is 26.1 Å². The molecule has 0 radical (unpaired) electrons. The number of nitrogens with zero attached hydrogens (tertiary/aromatic N) is 3. The Morgan fingerprint density at radius 3 is 2.42 bits per heavy atom. The number of carboxylic acids is 1. The zero-order valence-electron chi connectivity index (χ0n) is 9.62. The maximum absolute atomic E-state index is 10.9. The van der Waals surface area contributed by atoms with E-state index >= 15 is 0 Å². The molecule has 3 aromatic rings. The van der Waals surface area contributed by atoms with Crippen LogP contribution in [0, 0.1) is 0 Å². The van der Waals surface area contributed by atoms with E-state index in [1.165, 1.54) is 16.9 Å². The predicted octanol–water partition coefficient (Wildman–Crippen LogP) is 2.77. The normalized spacial score (nSPS) is 10.8. The van der Waals surface area contributed by atoms with Crippen molar-refractivity contribution < 1.29 is 9.90 Å². The minimum absolute atomic E-state index is 0.190. The van der Waals surface area contributed by atoms with Crippen molar-refractivity contribution in [3.8, 4) is 5.69 Å². The van der Waals surface area contributed by atoms with Gasteiger partial charge in [0.15, 0.2) is 0 Å². The Labute approximate surface area is 113 Å². The smallest absolute Gasteiger partial charge is 0.335 e. The topological polar surface area (TPSA) is 68.0 Å². The molecule has 0 fully saturated rings. The zero-order valence-corrected chi connectivity index (χ0v) is 10.4. The fourth-order valence-corrected chi connectivity index (χ4v) is 1.86. The lowest BCUT2D eigenvalue weighted by Gasteiger charge is -1.97. The zero-order chi connectivity index (χ0) is 13.4. The highest BCUT2D eigenvalue weighted by Gasteiger charge is 2.08. The van der Waals surface area contributed by atoms with Gasteiger partial charge in [-0.15, -0.1) is 10.2 Å².